The summed E-state index contributed by atoms with van der Waals surface area (Å²) in [7, 11) is 0. The van der Waals surface area contributed by atoms with Gasteiger partial charge in [-0.25, -0.2) is 4.99 Å². The van der Waals surface area contributed by atoms with E-state index in [0.29, 0.717) is 18.2 Å². The van der Waals surface area contributed by atoms with E-state index in [1.165, 1.54) is 11.1 Å². The van der Waals surface area contributed by atoms with Crippen LogP contribution in [0.5, 0.6) is 0 Å². The van der Waals surface area contributed by atoms with Crippen LogP contribution in [0.25, 0.3) is 11.1 Å². The summed E-state index contributed by atoms with van der Waals surface area (Å²) in [5.41, 5.74) is 12.8. The molecule has 0 saturated carbocycles. The molecule has 0 radical (unpaired) electrons. The van der Waals surface area contributed by atoms with Gasteiger partial charge in [0.05, 0.1) is 6.54 Å². The molecule has 0 unspecified atom stereocenters. The second kappa shape index (κ2) is 12.9. The minimum absolute atomic E-state index is 0.434. The molecule has 0 aliphatic carbocycles. The third kappa shape index (κ3) is 7.21. The molecule has 2 N–H and O–H groups in total. The Balaban J connectivity index is 2.39. The Labute approximate surface area is 192 Å². The highest BCUT2D eigenvalue weighted by Gasteiger charge is 2.07. The highest BCUT2D eigenvalue weighted by molar-refractivity contribution is 6.12. The van der Waals surface area contributed by atoms with Crippen LogP contribution in [-0.2, 0) is 0 Å². The van der Waals surface area contributed by atoms with Gasteiger partial charge in [0.1, 0.15) is 5.84 Å². The number of allylic oxidation sites excluding steroid dienone is 5. The minimum Gasteiger partial charge on any atom is -0.383 e. The molecule has 2 rings (SSSR count). The topological polar surface area (TPSA) is 50.7 Å². The third-order valence-corrected chi connectivity index (χ3v) is 4.80. The Morgan fingerprint density at radius 1 is 0.969 bits per heavy atom. The molecular formula is C29H33N3. The number of aryl methyl sites for hydroxylation is 1. The number of hydrogen-bond acceptors (Lipinski definition) is 1. The molecule has 0 bridgehead atoms. The largest absolute Gasteiger partial charge is 0.383 e. The Morgan fingerprint density at radius 3 is 2.28 bits per heavy atom. The lowest BCUT2D eigenvalue weighted by atomic mass is 10.0. The van der Waals surface area contributed by atoms with E-state index in [1.807, 2.05) is 69.4 Å². The molecule has 0 heterocycles. The Bertz CT molecular complexity index is 1090. The van der Waals surface area contributed by atoms with E-state index in [1.54, 1.807) is 6.08 Å². The van der Waals surface area contributed by atoms with Crippen LogP contribution in [0.4, 0.5) is 0 Å². The van der Waals surface area contributed by atoms with E-state index < -0.39 is 0 Å². The first-order valence-corrected chi connectivity index (χ1v) is 10.8. The van der Waals surface area contributed by atoms with Gasteiger partial charge in [0.15, 0.2) is 5.84 Å². The van der Waals surface area contributed by atoms with Crippen molar-refractivity contribution < 1.29 is 0 Å². The van der Waals surface area contributed by atoms with Gasteiger partial charge in [-0.1, -0.05) is 103 Å². The molecule has 0 fully saturated rings. The predicted molar refractivity (Wildman–Crippen MR) is 141 cm³/mol. The van der Waals surface area contributed by atoms with Crippen LogP contribution in [0.2, 0.25) is 0 Å². The first-order chi connectivity index (χ1) is 15.5. The van der Waals surface area contributed by atoms with E-state index >= 15 is 0 Å². The van der Waals surface area contributed by atoms with Crippen LogP contribution in [0.15, 0.2) is 119 Å². The van der Waals surface area contributed by atoms with Gasteiger partial charge in [-0.05, 0) is 44.4 Å². The zero-order chi connectivity index (χ0) is 23.3. The molecule has 3 nitrogen and oxygen atoms in total. The fourth-order valence-corrected chi connectivity index (χ4v) is 3.20. The lowest BCUT2D eigenvalue weighted by molar-refractivity contribution is 1.16. The van der Waals surface area contributed by atoms with E-state index in [4.69, 9.17) is 15.7 Å². The van der Waals surface area contributed by atoms with E-state index in [9.17, 15) is 0 Å². The van der Waals surface area contributed by atoms with Crippen molar-refractivity contribution in [2.24, 2.45) is 15.7 Å². The molecule has 164 valence electrons. The molecule has 0 aromatic heterocycles. The number of hydrogen-bond donors (Lipinski definition) is 1. The van der Waals surface area contributed by atoms with Crippen LogP contribution >= 0.6 is 0 Å². The van der Waals surface area contributed by atoms with Gasteiger partial charge in [-0.15, -0.1) is 0 Å². The second-order valence-electron chi connectivity index (χ2n) is 7.31. The first-order valence-electron chi connectivity index (χ1n) is 10.8. The van der Waals surface area contributed by atoms with Crippen molar-refractivity contribution in [2.75, 3.05) is 6.54 Å². The Kier molecular flexibility index (Phi) is 9.86. The average Bonchev–Trinajstić information content (AvgIpc) is 2.80. The molecule has 0 saturated heterocycles. The standard InChI is InChI=1S/C29H33N3/c1-6-11-23(12-7-2)21-31-29(24(9-4)13-8-3)32-28(30)26-18-16-25(17-19-26)27-15-10-14-22(5)20-27/h6-20H,1,21H2,2-5H3,(H2,30,31,32)/b12-7-,13-8-,23-11+,24-9+. The summed E-state index contributed by atoms with van der Waals surface area (Å²) < 4.78 is 0. The summed E-state index contributed by atoms with van der Waals surface area (Å²) in [5.74, 6) is 1.04. The molecule has 0 amide bonds. The monoisotopic (exact) mass is 423 g/mol. The van der Waals surface area contributed by atoms with Gasteiger partial charge in [0, 0.05) is 11.1 Å². The van der Waals surface area contributed by atoms with Crippen LogP contribution in [0.3, 0.4) is 0 Å². The number of rotatable bonds is 8. The van der Waals surface area contributed by atoms with E-state index in [2.05, 4.69) is 49.9 Å². The number of aliphatic imine (C=N–C) groups is 2. The number of benzene rings is 2. The fourth-order valence-electron chi connectivity index (χ4n) is 3.20. The van der Waals surface area contributed by atoms with Crippen molar-refractivity contribution >= 4 is 11.7 Å². The lowest BCUT2D eigenvalue weighted by Gasteiger charge is -2.08. The lowest BCUT2D eigenvalue weighted by Crippen LogP contribution is -2.16. The van der Waals surface area contributed by atoms with Crippen molar-refractivity contribution in [1.29, 1.82) is 0 Å². The van der Waals surface area contributed by atoms with Crippen molar-refractivity contribution in [1.82, 2.24) is 0 Å². The second-order valence-corrected chi connectivity index (χ2v) is 7.31. The van der Waals surface area contributed by atoms with Crippen LogP contribution < -0.4 is 5.73 Å². The van der Waals surface area contributed by atoms with Gasteiger partial charge in [0.25, 0.3) is 0 Å². The molecule has 3 heteroatoms. The van der Waals surface area contributed by atoms with Crippen LogP contribution in [-0.4, -0.2) is 18.2 Å². The third-order valence-electron chi connectivity index (χ3n) is 4.80. The molecule has 0 atom stereocenters. The highest BCUT2D eigenvalue weighted by Crippen LogP contribution is 2.21. The maximum absolute atomic E-state index is 6.39. The number of nitrogens with two attached hydrogens (primary N) is 1. The minimum atomic E-state index is 0.434. The first kappa shape index (κ1) is 24.5. The Hall–Kier alpha value is -3.72. The summed E-state index contributed by atoms with van der Waals surface area (Å²) in [6.07, 6.45) is 13.7. The van der Waals surface area contributed by atoms with Crippen molar-refractivity contribution in [3.8, 4) is 11.1 Å². The SMILES string of the molecule is C=C/C=C(\C=C/C)CN=C(N=C(N)c1ccc(-c2cccc(C)c2)cc1)C(/C=C\C)=C/C. The molecule has 32 heavy (non-hydrogen) atoms. The summed E-state index contributed by atoms with van der Waals surface area (Å²) in [4.78, 5) is 9.45. The summed E-state index contributed by atoms with van der Waals surface area (Å²) in [5, 5.41) is 0. The normalized spacial score (nSPS) is 13.9. The quantitative estimate of drug-likeness (QED) is 0.278. The number of amidine groups is 2. The van der Waals surface area contributed by atoms with Crippen molar-refractivity contribution in [2.45, 2.75) is 27.7 Å². The predicted octanol–water partition coefficient (Wildman–Crippen LogP) is 6.98. The van der Waals surface area contributed by atoms with Gasteiger partial charge in [-0.3, -0.25) is 4.99 Å². The highest BCUT2D eigenvalue weighted by atomic mass is 15.0. The summed E-state index contributed by atoms with van der Waals surface area (Å²) >= 11 is 0. The zero-order valence-corrected chi connectivity index (χ0v) is 19.5. The molecule has 0 spiro atoms. The fraction of sp³-hybridized carbons (Fsp3) is 0.172. The maximum Gasteiger partial charge on any atom is 0.156 e. The average molecular weight is 424 g/mol. The molecular weight excluding hydrogens is 390 g/mol. The van der Waals surface area contributed by atoms with E-state index in [-0.39, 0.29) is 0 Å². The van der Waals surface area contributed by atoms with Crippen LogP contribution in [0, 0.1) is 6.92 Å². The van der Waals surface area contributed by atoms with Crippen molar-refractivity contribution in [3.05, 3.63) is 120 Å². The van der Waals surface area contributed by atoms with Gasteiger partial charge in [-0.2, -0.15) is 0 Å². The Morgan fingerprint density at radius 2 is 1.69 bits per heavy atom. The van der Waals surface area contributed by atoms with Crippen molar-refractivity contribution in [3.63, 3.8) is 0 Å². The maximum atomic E-state index is 6.39. The number of nitrogens with zero attached hydrogens (tertiary/aromatic N) is 2. The van der Waals surface area contributed by atoms with E-state index in [0.717, 1.165) is 22.3 Å². The summed E-state index contributed by atoms with van der Waals surface area (Å²) in [6, 6.07) is 16.6. The van der Waals surface area contributed by atoms with Gasteiger partial charge in [0.2, 0.25) is 0 Å². The van der Waals surface area contributed by atoms with Crippen LogP contribution in [0.1, 0.15) is 31.9 Å². The zero-order valence-electron chi connectivity index (χ0n) is 19.5. The van der Waals surface area contributed by atoms with Gasteiger partial charge < -0.3 is 5.73 Å². The summed E-state index contributed by atoms with van der Waals surface area (Å²) in [6.45, 7) is 12.3. The molecule has 2 aromatic rings. The molecule has 0 aliphatic rings. The molecule has 2 aromatic carbocycles. The molecule has 0 aliphatic heterocycles. The smallest absolute Gasteiger partial charge is 0.156 e. The van der Waals surface area contributed by atoms with Gasteiger partial charge >= 0.3 is 0 Å².